The van der Waals surface area contributed by atoms with E-state index in [0.29, 0.717) is 0 Å². The lowest BCUT2D eigenvalue weighted by atomic mass is 10.1. The molecule has 2 nitrogen and oxygen atoms in total. The molecular weight excluding hydrogens is 314 g/mol. The zero-order valence-electron chi connectivity index (χ0n) is 11.9. The first-order valence-electron chi connectivity index (χ1n) is 6.95. The minimum absolute atomic E-state index is 0.206. The molecule has 0 radical (unpaired) electrons. The smallest absolute Gasteiger partial charge is 0.142 e. The van der Waals surface area contributed by atoms with E-state index in [4.69, 9.17) is 4.74 Å². The molecule has 2 rings (SSSR count). The van der Waals surface area contributed by atoms with E-state index in [0.717, 1.165) is 28.9 Å². The molecule has 0 aromatic heterocycles. The van der Waals surface area contributed by atoms with Gasteiger partial charge in [-0.3, -0.25) is 0 Å². The molecule has 0 saturated heterocycles. The summed E-state index contributed by atoms with van der Waals surface area (Å²) < 4.78 is 6.90. The number of halogens is 1. The number of rotatable bonds is 6. The van der Waals surface area contributed by atoms with Gasteiger partial charge in [0.1, 0.15) is 5.75 Å². The van der Waals surface area contributed by atoms with Crippen molar-refractivity contribution in [3.05, 3.63) is 58.6 Å². The number of benzene rings is 2. The van der Waals surface area contributed by atoms with Gasteiger partial charge in [-0.1, -0.05) is 53.2 Å². The Kier molecular flexibility index (Phi) is 5.48. The number of nitrogens with one attached hydrogen (secondary N) is 1. The highest BCUT2D eigenvalue weighted by Gasteiger charge is 2.11. The van der Waals surface area contributed by atoms with Gasteiger partial charge in [0.15, 0.2) is 0 Å². The lowest BCUT2D eigenvalue weighted by molar-refractivity contribution is 0.318. The molecule has 106 valence electrons. The molecule has 0 fully saturated rings. The molecule has 0 amide bonds. The van der Waals surface area contributed by atoms with Crippen LogP contribution >= 0.6 is 15.9 Å². The van der Waals surface area contributed by atoms with Crippen molar-refractivity contribution >= 4 is 21.6 Å². The van der Waals surface area contributed by atoms with E-state index in [1.54, 1.807) is 0 Å². The van der Waals surface area contributed by atoms with Crippen LogP contribution in [0.3, 0.4) is 0 Å². The van der Waals surface area contributed by atoms with Crippen LogP contribution < -0.4 is 10.1 Å². The monoisotopic (exact) mass is 333 g/mol. The SMILES string of the molecule is CCCOc1ccccc1NC(C)c1ccccc1Br. The second kappa shape index (κ2) is 7.34. The molecule has 0 aliphatic carbocycles. The second-order valence-electron chi connectivity index (χ2n) is 4.73. The number of anilines is 1. The van der Waals surface area contributed by atoms with E-state index in [2.05, 4.69) is 59.4 Å². The van der Waals surface area contributed by atoms with Crippen LogP contribution in [0.25, 0.3) is 0 Å². The first-order chi connectivity index (χ1) is 9.72. The molecule has 2 aromatic rings. The van der Waals surface area contributed by atoms with Gasteiger partial charge in [-0.25, -0.2) is 0 Å². The Labute approximate surface area is 129 Å². The summed E-state index contributed by atoms with van der Waals surface area (Å²) in [4.78, 5) is 0. The summed E-state index contributed by atoms with van der Waals surface area (Å²) >= 11 is 3.60. The lowest BCUT2D eigenvalue weighted by Crippen LogP contribution is -2.09. The Morgan fingerprint density at radius 3 is 2.55 bits per heavy atom. The van der Waals surface area contributed by atoms with E-state index in [9.17, 15) is 0 Å². The number of ether oxygens (including phenoxy) is 1. The average Bonchev–Trinajstić information content (AvgIpc) is 2.46. The van der Waals surface area contributed by atoms with Crippen LogP contribution in [0.4, 0.5) is 5.69 Å². The maximum absolute atomic E-state index is 5.78. The van der Waals surface area contributed by atoms with Crippen molar-refractivity contribution in [1.82, 2.24) is 0 Å². The molecule has 0 spiro atoms. The molecule has 20 heavy (non-hydrogen) atoms. The quantitative estimate of drug-likeness (QED) is 0.762. The van der Waals surface area contributed by atoms with Crippen LogP contribution in [0, 0.1) is 0 Å². The summed E-state index contributed by atoms with van der Waals surface area (Å²) in [7, 11) is 0. The average molecular weight is 334 g/mol. The normalized spacial score (nSPS) is 11.9. The molecule has 2 aromatic carbocycles. The molecule has 0 aliphatic heterocycles. The summed E-state index contributed by atoms with van der Waals surface area (Å²) in [5.41, 5.74) is 2.27. The van der Waals surface area contributed by atoms with Crippen LogP contribution in [0.15, 0.2) is 53.0 Å². The van der Waals surface area contributed by atoms with Gasteiger partial charge in [0.05, 0.1) is 12.3 Å². The zero-order valence-corrected chi connectivity index (χ0v) is 13.5. The number of hydrogen-bond acceptors (Lipinski definition) is 2. The van der Waals surface area contributed by atoms with Crippen molar-refractivity contribution < 1.29 is 4.74 Å². The van der Waals surface area contributed by atoms with Crippen LogP contribution in [0.2, 0.25) is 0 Å². The van der Waals surface area contributed by atoms with Gasteiger partial charge >= 0.3 is 0 Å². The minimum Gasteiger partial charge on any atom is -0.491 e. The van der Waals surface area contributed by atoms with Crippen molar-refractivity contribution in [3.63, 3.8) is 0 Å². The van der Waals surface area contributed by atoms with Crippen molar-refractivity contribution in [1.29, 1.82) is 0 Å². The minimum atomic E-state index is 0.206. The van der Waals surface area contributed by atoms with Gasteiger partial charge in [0.25, 0.3) is 0 Å². The van der Waals surface area contributed by atoms with Gasteiger partial charge in [0, 0.05) is 10.5 Å². The van der Waals surface area contributed by atoms with Gasteiger partial charge in [-0.2, -0.15) is 0 Å². The highest BCUT2D eigenvalue weighted by atomic mass is 79.9. The second-order valence-corrected chi connectivity index (χ2v) is 5.59. The summed E-state index contributed by atoms with van der Waals surface area (Å²) in [6.07, 6.45) is 1.01. The summed E-state index contributed by atoms with van der Waals surface area (Å²) in [5, 5.41) is 3.52. The molecule has 0 aliphatic rings. The summed E-state index contributed by atoms with van der Waals surface area (Å²) in [6.45, 7) is 5.00. The van der Waals surface area contributed by atoms with Crippen LogP contribution in [0.5, 0.6) is 5.75 Å². The summed E-state index contributed by atoms with van der Waals surface area (Å²) in [5.74, 6) is 0.910. The third-order valence-electron chi connectivity index (χ3n) is 3.09. The van der Waals surface area contributed by atoms with E-state index in [-0.39, 0.29) is 6.04 Å². The van der Waals surface area contributed by atoms with Crippen molar-refractivity contribution in [2.24, 2.45) is 0 Å². The standard InChI is InChI=1S/C17H20BrNO/c1-3-12-20-17-11-7-6-10-16(17)19-13(2)14-8-4-5-9-15(14)18/h4-11,13,19H,3,12H2,1-2H3. The predicted octanol–water partition coefficient (Wildman–Crippen LogP) is 5.41. The lowest BCUT2D eigenvalue weighted by Gasteiger charge is -2.19. The largest absolute Gasteiger partial charge is 0.491 e. The fourth-order valence-electron chi connectivity index (χ4n) is 2.06. The highest BCUT2D eigenvalue weighted by Crippen LogP contribution is 2.30. The Morgan fingerprint density at radius 1 is 1.10 bits per heavy atom. The van der Waals surface area contributed by atoms with Gasteiger partial charge < -0.3 is 10.1 Å². The van der Waals surface area contributed by atoms with Crippen molar-refractivity contribution in [2.45, 2.75) is 26.3 Å². The Hall–Kier alpha value is -1.48. The first kappa shape index (κ1) is 14.9. The third-order valence-corrected chi connectivity index (χ3v) is 3.81. The molecule has 1 N–H and O–H groups in total. The Bertz CT molecular complexity index is 556. The van der Waals surface area contributed by atoms with Crippen molar-refractivity contribution in [2.75, 3.05) is 11.9 Å². The van der Waals surface area contributed by atoms with Crippen LogP contribution in [-0.4, -0.2) is 6.61 Å². The van der Waals surface area contributed by atoms with E-state index in [1.807, 2.05) is 24.3 Å². The van der Waals surface area contributed by atoms with E-state index >= 15 is 0 Å². The van der Waals surface area contributed by atoms with Gasteiger partial charge in [-0.05, 0) is 37.1 Å². The molecule has 0 heterocycles. The highest BCUT2D eigenvalue weighted by molar-refractivity contribution is 9.10. The topological polar surface area (TPSA) is 21.3 Å². The molecular formula is C17H20BrNO. The maximum Gasteiger partial charge on any atom is 0.142 e. The Morgan fingerprint density at radius 2 is 1.80 bits per heavy atom. The van der Waals surface area contributed by atoms with E-state index in [1.165, 1.54) is 5.56 Å². The van der Waals surface area contributed by atoms with Gasteiger partial charge in [-0.15, -0.1) is 0 Å². The molecule has 1 atom stereocenters. The first-order valence-corrected chi connectivity index (χ1v) is 7.74. The summed E-state index contributed by atoms with van der Waals surface area (Å²) in [6, 6.07) is 16.5. The molecule has 1 unspecified atom stereocenters. The van der Waals surface area contributed by atoms with Crippen molar-refractivity contribution in [3.8, 4) is 5.75 Å². The van der Waals surface area contributed by atoms with E-state index < -0.39 is 0 Å². The zero-order chi connectivity index (χ0) is 14.4. The van der Waals surface area contributed by atoms with Gasteiger partial charge in [0.2, 0.25) is 0 Å². The number of para-hydroxylation sites is 2. The Balaban J connectivity index is 2.15. The maximum atomic E-state index is 5.78. The molecule has 0 bridgehead atoms. The fraction of sp³-hybridized carbons (Fsp3) is 0.294. The molecule has 0 saturated carbocycles. The predicted molar refractivity (Wildman–Crippen MR) is 88.4 cm³/mol. The fourth-order valence-corrected chi connectivity index (χ4v) is 2.69. The number of hydrogen-bond donors (Lipinski definition) is 1. The third kappa shape index (κ3) is 3.76. The molecule has 3 heteroatoms. The van der Waals surface area contributed by atoms with Crippen LogP contribution in [-0.2, 0) is 0 Å². The van der Waals surface area contributed by atoms with Crippen LogP contribution in [0.1, 0.15) is 31.9 Å².